The Morgan fingerprint density at radius 2 is 1.77 bits per heavy atom. The number of carbonyl (C=O) groups excluding carboxylic acids is 1. The van der Waals surface area contributed by atoms with E-state index in [0.717, 1.165) is 24.0 Å². The number of nitrogens with two attached hydrogens (primary N) is 1. The lowest BCUT2D eigenvalue weighted by Crippen LogP contribution is -2.20. The molecule has 7 heteroatoms. The maximum absolute atomic E-state index is 11.6. The molecule has 0 saturated heterocycles. The predicted molar refractivity (Wildman–Crippen MR) is 101 cm³/mol. The van der Waals surface area contributed by atoms with E-state index in [4.69, 9.17) is 11.1 Å². The van der Waals surface area contributed by atoms with Gasteiger partial charge >= 0.3 is 0 Å². The van der Waals surface area contributed by atoms with Crippen molar-refractivity contribution in [3.8, 4) is 0 Å². The third kappa shape index (κ3) is 3.32. The van der Waals surface area contributed by atoms with E-state index in [0.29, 0.717) is 29.1 Å². The molecule has 1 aliphatic heterocycles. The van der Waals surface area contributed by atoms with Crippen molar-refractivity contribution in [3.63, 3.8) is 0 Å². The van der Waals surface area contributed by atoms with Gasteiger partial charge in [0.15, 0.2) is 0 Å². The van der Waals surface area contributed by atoms with Gasteiger partial charge in [0.25, 0.3) is 5.91 Å². The third-order valence-electron chi connectivity index (χ3n) is 4.24. The SMILES string of the molecule is N=C1C=CC(=C2C=CN(c3ncc(C(N)=O)c(NC4CC4)n3)C=C2)C=C1. The van der Waals surface area contributed by atoms with Crippen LogP contribution in [0.15, 0.2) is 66.2 Å². The average molecular weight is 346 g/mol. The molecule has 0 unspecified atom stereocenters. The van der Waals surface area contributed by atoms with E-state index >= 15 is 0 Å². The topological polar surface area (TPSA) is 108 Å². The van der Waals surface area contributed by atoms with Crippen LogP contribution in [-0.4, -0.2) is 27.6 Å². The Bertz CT molecular complexity index is 899. The lowest BCUT2D eigenvalue weighted by molar-refractivity contribution is 0.100. The minimum atomic E-state index is -0.544. The Balaban J connectivity index is 1.58. The van der Waals surface area contributed by atoms with Crippen LogP contribution in [0.5, 0.6) is 0 Å². The number of primary amides is 1. The minimum Gasteiger partial charge on any atom is -0.367 e. The van der Waals surface area contributed by atoms with Gasteiger partial charge in [-0.1, -0.05) is 12.2 Å². The zero-order valence-corrected chi connectivity index (χ0v) is 14.0. The van der Waals surface area contributed by atoms with Gasteiger partial charge in [0.1, 0.15) is 5.82 Å². The molecule has 1 fully saturated rings. The van der Waals surface area contributed by atoms with Crippen molar-refractivity contribution in [2.75, 3.05) is 10.2 Å². The molecule has 4 rings (SSSR count). The summed E-state index contributed by atoms with van der Waals surface area (Å²) in [6, 6.07) is 0.350. The highest BCUT2D eigenvalue weighted by Gasteiger charge is 2.24. The van der Waals surface area contributed by atoms with E-state index in [1.54, 1.807) is 17.1 Å². The first kappa shape index (κ1) is 16.0. The Morgan fingerprint density at radius 1 is 1.12 bits per heavy atom. The zero-order chi connectivity index (χ0) is 18.1. The Hall–Kier alpha value is -3.48. The largest absolute Gasteiger partial charge is 0.367 e. The van der Waals surface area contributed by atoms with E-state index in [1.807, 2.05) is 36.7 Å². The molecule has 7 nitrogen and oxygen atoms in total. The second-order valence-corrected chi connectivity index (χ2v) is 6.29. The van der Waals surface area contributed by atoms with Crippen LogP contribution in [0.1, 0.15) is 23.2 Å². The summed E-state index contributed by atoms with van der Waals surface area (Å²) in [5.74, 6) is 0.400. The molecular formula is C19H18N6O. The highest BCUT2D eigenvalue weighted by atomic mass is 16.1. The van der Waals surface area contributed by atoms with Crippen LogP contribution in [0.4, 0.5) is 11.8 Å². The molecule has 26 heavy (non-hydrogen) atoms. The van der Waals surface area contributed by atoms with Gasteiger partial charge in [-0.3, -0.25) is 9.69 Å². The van der Waals surface area contributed by atoms with Crippen molar-refractivity contribution >= 4 is 23.4 Å². The second-order valence-electron chi connectivity index (χ2n) is 6.29. The van der Waals surface area contributed by atoms with Crippen LogP contribution < -0.4 is 16.0 Å². The molecule has 3 aliphatic rings. The number of anilines is 2. The van der Waals surface area contributed by atoms with Gasteiger partial charge in [-0.15, -0.1) is 0 Å². The monoisotopic (exact) mass is 346 g/mol. The van der Waals surface area contributed by atoms with Crippen LogP contribution >= 0.6 is 0 Å². The summed E-state index contributed by atoms with van der Waals surface area (Å²) < 4.78 is 0. The number of amides is 1. The van der Waals surface area contributed by atoms with Crippen LogP contribution in [-0.2, 0) is 0 Å². The van der Waals surface area contributed by atoms with Gasteiger partial charge in [0, 0.05) is 24.6 Å². The lowest BCUT2D eigenvalue weighted by atomic mass is 10.0. The molecule has 1 aromatic heterocycles. The van der Waals surface area contributed by atoms with Gasteiger partial charge in [0.05, 0.1) is 11.3 Å². The number of aromatic nitrogens is 2. The summed E-state index contributed by atoms with van der Waals surface area (Å²) in [6.45, 7) is 0. The number of allylic oxidation sites excluding steroid dienone is 8. The molecule has 0 spiro atoms. The Kier molecular flexibility index (Phi) is 3.96. The number of nitrogens with zero attached hydrogens (tertiary/aromatic N) is 3. The fraction of sp³-hybridized carbons (Fsp3) is 0.158. The summed E-state index contributed by atoms with van der Waals surface area (Å²) in [5.41, 5.74) is 8.27. The van der Waals surface area contributed by atoms with Crippen molar-refractivity contribution < 1.29 is 4.79 Å². The van der Waals surface area contributed by atoms with Gasteiger partial charge in [-0.05, 0) is 48.3 Å². The van der Waals surface area contributed by atoms with Gasteiger partial charge in [-0.2, -0.15) is 4.98 Å². The molecule has 1 aromatic rings. The maximum atomic E-state index is 11.6. The molecule has 0 aromatic carbocycles. The number of rotatable bonds is 4. The first-order valence-electron chi connectivity index (χ1n) is 8.37. The third-order valence-corrected chi connectivity index (χ3v) is 4.24. The van der Waals surface area contributed by atoms with Gasteiger partial charge < -0.3 is 16.5 Å². The van der Waals surface area contributed by atoms with Crippen molar-refractivity contribution in [1.82, 2.24) is 9.97 Å². The molecule has 1 amide bonds. The van der Waals surface area contributed by atoms with Crippen molar-refractivity contribution in [2.45, 2.75) is 18.9 Å². The lowest BCUT2D eigenvalue weighted by Gasteiger charge is -2.19. The van der Waals surface area contributed by atoms with E-state index in [9.17, 15) is 4.79 Å². The summed E-state index contributed by atoms with van der Waals surface area (Å²) in [6.07, 6.45) is 18.6. The average Bonchev–Trinajstić information content (AvgIpc) is 3.46. The number of hydrogen-bond donors (Lipinski definition) is 3. The first-order valence-corrected chi connectivity index (χ1v) is 8.37. The molecule has 0 radical (unpaired) electrons. The highest BCUT2D eigenvalue weighted by Crippen LogP contribution is 2.27. The molecule has 1 saturated carbocycles. The zero-order valence-electron chi connectivity index (χ0n) is 14.0. The van der Waals surface area contributed by atoms with E-state index < -0.39 is 5.91 Å². The highest BCUT2D eigenvalue weighted by molar-refractivity contribution is 6.03. The Labute approximate surface area is 150 Å². The first-order chi connectivity index (χ1) is 12.6. The maximum Gasteiger partial charge on any atom is 0.254 e. The smallest absolute Gasteiger partial charge is 0.254 e. The summed E-state index contributed by atoms with van der Waals surface area (Å²) in [7, 11) is 0. The molecule has 2 aliphatic carbocycles. The quantitative estimate of drug-likeness (QED) is 0.776. The van der Waals surface area contributed by atoms with Crippen LogP contribution in [0.25, 0.3) is 0 Å². The van der Waals surface area contributed by atoms with Gasteiger partial charge in [-0.25, -0.2) is 4.98 Å². The van der Waals surface area contributed by atoms with E-state index in [2.05, 4.69) is 15.3 Å². The molecular weight excluding hydrogens is 328 g/mol. The molecule has 0 bridgehead atoms. The van der Waals surface area contributed by atoms with Crippen LogP contribution in [0.3, 0.4) is 0 Å². The van der Waals surface area contributed by atoms with Gasteiger partial charge in [0.2, 0.25) is 5.95 Å². The summed E-state index contributed by atoms with van der Waals surface area (Å²) >= 11 is 0. The molecule has 2 heterocycles. The van der Waals surface area contributed by atoms with E-state index in [1.165, 1.54) is 6.20 Å². The summed E-state index contributed by atoms with van der Waals surface area (Å²) in [5, 5.41) is 10.8. The number of carbonyl (C=O) groups is 1. The summed E-state index contributed by atoms with van der Waals surface area (Å²) in [4.78, 5) is 22.1. The molecule has 130 valence electrons. The Morgan fingerprint density at radius 3 is 2.38 bits per heavy atom. The second kappa shape index (κ2) is 6.44. The number of nitrogens with one attached hydrogen (secondary N) is 2. The molecule has 0 atom stereocenters. The van der Waals surface area contributed by atoms with Crippen LogP contribution in [0.2, 0.25) is 0 Å². The normalized spacial score (nSPS) is 18.6. The predicted octanol–water partition coefficient (Wildman–Crippen LogP) is 2.44. The van der Waals surface area contributed by atoms with Crippen molar-refractivity contribution in [2.24, 2.45) is 5.73 Å². The van der Waals surface area contributed by atoms with E-state index in [-0.39, 0.29) is 0 Å². The minimum absolute atomic E-state index is 0.299. The van der Waals surface area contributed by atoms with Crippen molar-refractivity contribution in [3.05, 3.63) is 71.8 Å². The molecule has 4 N–H and O–H groups in total. The standard InChI is InChI=1S/C19H18N6O/c20-14-3-1-12(2-4-14)13-7-9-25(10-8-13)19-22-11-16(17(21)26)18(24-19)23-15-5-6-15/h1-4,7-11,15,20H,5-6H2,(H2,21,26)(H,22,23,24). The fourth-order valence-electron chi connectivity index (χ4n) is 2.62. The van der Waals surface area contributed by atoms with Crippen LogP contribution in [0, 0.1) is 5.41 Å². The van der Waals surface area contributed by atoms with Crippen molar-refractivity contribution in [1.29, 1.82) is 5.41 Å². The fourth-order valence-corrected chi connectivity index (χ4v) is 2.62. The number of hydrogen-bond acceptors (Lipinski definition) is 6.